The molecular weight excluding hydrogens is 419 g/mol. The Hall–Kier alpha value is -3.89. The standard InChI is InChI=1S/C20H18F3N3O5/c1-10(31-20(30)12-3-5-13(6-4-12)25-11(2)27)19(29)24-9-16(28)26-15-8-7-14(21)17(22)18(15)23/h3-8,10H,9H2,1-2H3,(H,24,29)(H,25,27)(H,26,28)/t10-/m1/s1. The summed E-state index contributed by atoms with van der Waals surface area (Å²) in [4.78, 5) is 46.9. The van der Waals surface area contributed by atoms with E-state index in [1.165, 1.54) is 38.1 Å². The van der Waals surface area contributed by atoms with Gasteiger partial charge in [-0.1, -0.05) is 0 Å². The lowest BCUT2D eigenvalue weighted by molar-refractivity contribution is -0.130. The number of rotatable bonds is 7. The molecule has 0 radical (unpaired) electrons. The Morgan fingerprint density at radius 3 is 2.19 bits per heavy atom. The van der Waals surface area contributed by atoms with Gasteiger partial charge in [0.25, 0.3) is 5.91 Å². The molecule has 8 nitrogen and oxygen atoms in total. The van der Waals surface area contributed by atoms with Gasteiger partial charge in [-0.25, -0.2) is 18.0 Å². The fraction of sp³-hybridized carbons (Fsp3) is 0.200. The average Bonchev–Trinajstić information content (AvgIpc) is 2.72. The summed E-state index contributed by atoms with van der Waals surface area (Å²) in [6, 6.07) is 7.20. The predicted octanol–water partition coefficient (Wildman–Crippen LogP) is 2.36. The molecule has 2 aromatic carbocycles. The highest BCUT2D eigenvalue weighted by atomic mass is 19.2. The van der Waals surface area contributed by atoms with Crippen molar-refractivity contribution < 1.29 is 37.1 Å². The molecule has 0 spiro atoms. The van der Waals surface area contributed by atoms with Gasteiger partial charge in [-0.3, -0.25) is 14.4 Å². The van der Waals surface area contributed by atoms with E-state index in [-0.39, 0.29) is 11.5 Å². The summed E-state index contributed by atoms with van der Waals surface area (Å²) in [5.41, 5.74) is -0.000955. The van der Waals surface area contributed by atoms with Gasteiger partial charge in [0.2, 0.25) is 11.8 Å². The first-order valence-corrected chi connectivity index (χ1v) is 8.88. The number of benzene rings is 2. The molecule has 2 rings (SSSR count). The average molecular weight is 437 g/mol. The molecule has 2 aromatic rings. The molecule has 0 aromatic heterocycles. The van der Waals surface area contributed by atoms with E-state index in [2.05, 4.69) is 10.6 Å². The minimum atomic E-state index is -1.74. The van der Waals surface area contributed by atoms with Crippen LogP contribution in [0, 0.1) is 17.5 Å². The van der Waals surface area contributed by atoms with E-state index in [9.17, 15) is 32.3 Å². The summed E-state index contributed by atoms with van der Waals surface area (Å²) in [6.07, 6.45) is -1.27. The van der Waals surface area contributed by atoms with Crippen LogP contribution in [0.15, 0.2) is 36.4 Å². The first-order chi connectivity index (χ1) is 14.6. The first kappa shape index (κ1) is 23.4. The van der Waals surface area contributed by atoms with Gasteiger partial charge >= 0.3 is 5.97 Å². The van der Waals surface area contributed by atoms with E-state index in [1.807, 2.05) is 5.32 Å². The molecule has 31 heavy (non-hydrogen) atoms. The van der Waals surface area contributed by atoms with Crippen LogP contribution in [0.1, 0.15) is 24.2 Å². The van der Waals surface area contributed by atoms with Gasteiger partial charge in [0.1, 0.15) is 0 Å². The second-order valence-corrected chi connectivity index (χ2v) is 6.29. The van der Waals surface area contributed by atoms with Crippen LogP contribution >= 0.6 is 0 Å². The number of anilines is 2. The van der Waals surface area contributed by atoms with Crippen LogP contribution in [0.4, 0.5) is 24.5 Å². The lowest BCUT2D eigenvalue weighted by Crippen LogP contribution is -2.40. The van der Waals surface area contributed by atoms with E-state index in [4.69, 9.17) is 4.74 Å². The van der Waals surface area contributed by atoms with Crippen molar-refractivity contribution in [2.75, 3.05) is 17.2 Å². The number of halogens is 3. The Kier molecular flexibility index (Phi) is 7.72. The maximum Gasteiger partial charge on any atom is 0.338 e. The quantitative estimate of drug-likeness (QED) is 0.455. The SMILES string of the molecule is CC(=O)Nc1ccc(C(=O)O[C@H](C)C(=O)NCC(=O)Nc2ccc(F)c(F)c2F)cc1. The third kappa shape index (κ3) is 6.56. The van der Waals surface area contributed by atoms with Gasteiger partial charge in [-0.2, -0.15) is 0 Å². The molecule has 0 saturated carbocycles. The second kappa shape index (κ2) is 10.2. The summed E-state index contributed by atoms with van der Waals surface area (Å²) in [5.74, 6) is -7.56. The molecule has 0 aliphatic carbocycles. The molecule has 0 heterocycles. The van der Waals surface area contributed by atoms with E-state index < -0.39 is 53.6 Å². The summed E-state index contributed by atoms with van der Waals surface area (Å²) in [5, 5.41) is 6.68. The number of nitrogens with one attached hydrogen (secondary N) is 3. The fourth-order valence-corrected chi connectivity index (χ4v) is 2.30. The molecule has 1 atom stereocenters. The van der Waals surface area contributed by atoms with Crippen LogP contribution < -0.4 is 16.0 Å². The minimum Gasteiger partial charge on any atom is -0.449 e. The lowest BCUT2D eigenvalue weighted by Gasteiger charge is -2.14. The smallest absolute Gasteiger partial charge is 0.338 e. The molecule has 0 fully saturated rings. The van der Waals surface area contributed by atoms with Crippen molar-refractivity contribution in [3.8, 4) is 0 Å². The zero-order valence-corrected chi connectivity index (χ0v) is 16.4. The molecule has 11 heteroatoms. The molecule has 0 aliphatic rings. The highest BCUT2D eigenvalue weighted by Crippen LogP contribution is 2.19. The number of carbonyl (C=O) groups is 4. The van der Waals surface area contributed by atoms with Crippen molar-refractivity contribution in [1.82, 2.24) is 5.32 Å². The van der Waals surface area contributed by atoms with Crippen molar-refractivity contribution in [2.24, 2.45) is 0 Å². The monoisotopic (exact) mass is 437 g/mol. The zero-order chi connectivity index (χ0) is 23.1. The maximum atomic E-state index is 13.5. The van der Waals surface area contributed by atoms with Gasteiger partial charge in [0.05, 0.1) is 17.8 Å². The van der Waals surface area contributed by atoms with Crippen LogP contribution in [0.5, 0.6) is 0 Å². The van der Waals surface area contributed by atoms with Crippen molar-refractivity contribution in [3.05, 3.63) is 59.4 Å². The predicted molar refractivity (Wildman–Crippen MR) is 104 cm³/mol. The molecule has 0 saturated heterocycles. The third-order valence-electron chi connectivity index (χ3n) is 3.83. The topological polar surface area (TPSA) is 114 Å². The first-order valence-electron chi connectivity index (χ1n) is 8.88. The number of ether oxygens (including phenoxy) is 1. The Balaban J connectivity index is 1.85. The van der Waals surface area contributed by atoms with E-state index in [0.29, 0.717) is 11.8 Å². The highest BCUT2D eigenvalue weighted by molar-refractivity contribution is 5.96. The van der Waals surface area contributed by atoms with Crippen LogP contribution in [0.3, 0.4) is 0 Å². The van der Waals surface area contributed by atoms with E-state index in [1.54, 1.807) is 0 Å². The highest BCUT2D eigenvalue weighted by Gasteiger charge is 2.20. The Labute approximate surface area is 174 Å². The van der Waals surface area contributed by atoms with Gasteiger partial charge in [-0.15, -0.1) is 0 Å². The van der Waals surface area contributed by atoms with Gasteiger partial charge in [0.15, 0.2) is 23.6 Å². The Morgan fingerprint density at radius 1 is 0.935 bits per heavy atom. The normalized spacial score (nSPS) is 11.3. The number of esters is 1. The van der Waals surface area contributed by atoms with Crippen molar-refractivity contribution in [2.45, 2.75) is 20.0 Å². The zero-order valence-electron chi connectivity index (χ0n) is 16.4. The molecule has 3 N–H and O–H groups in total. The van der Waals surface area contributed by atoms with Crippen LogP contribution in [-0.4, -0.2) is 36.3 Å². The third-order valence-corrected chi connectivity index (χ3v) is 3.83. The number of hydrogen-bond donors (Lipinski definition) is 3. The molecule has 3 amide bonds. The minimum absolute atomic E-state index is 0.125. The van der Waals surface area contributed by atoms with Crippen LogP contribution in [0.25, 0.3) is 0 Å². The van der Waals surface area contributed by atoms with Gasteiger partial charge < -0.3 is 20.7 Å². The van der Waals surface area contributed by atoms with Crippen LogP contribution in [0.2, 0.25) is 0 Å². The van der Waals surface area contributed by atoms with Gasteiger partial charge in [-0.05, 0) is 43.3 Å². The summed E-state index contributed by atoms with van der Waals surface area (Å²) < 4.78 is 44.6. The van der Waals surface area contributed by atoms with E-state index in [0.717, 1.165) is 6.07 Å². The van der Waals surface area contributed by atoms with Gasteiger partial charge in [0, 0.05) is 12.6 Å². The summed E-state index contributed by atoms with van der Waals surface area (Å²) >= 11 is 0. The lowest BCUT2D eigenvalue weighted by atomic mass is 10.2. The van der Waals surface area contributed by atoms with Crippen molar-refractivity contribution in [1.29, 1.82) is 0 Å². The molecular formula is C20H18F3N3O5. The summed E-state index contributed by atoms with van der Waals surface area (Å²) in [6.45, 7) is 1.97. The van der Waals surface area contributed by atoms with Crippen molar-refractivity contribution >= 4 is 35.1 Å². The summed E-state index contributed by atoms with van der Waals surface area (Å²) in [7, 11) is 0. The van der Waals surface area contributed by atoms with Crippen molar-refractivity contribution in [3.63, 3.8) is 0 Å². The fourth-order valence-electron chi connectivity index (χ4n) is 2.30. The Bertz CT molecular complexity index is 1010. The Morgan fingerprint density at radius 2 is 1.58 bits per heavy atom. The number of hydrogen-bond acceptors (Lipinski definition) is 5. The molecule has 0 aliphatic heterocycles. The number of amides is 3. The largest absolute Gasteiger partial charge is 0.449 e. The molecule has 0 bridgehead atoms. The second-order valence-electron chi connectivity index (χ2n) is 6.29. The molecule has 164 valence electrons. The van der Waals surface area contributed by atoms with E-state index >= 15 is 0 Å². The van der Waals surface area contributed by atoms with Crippen LogP contribution in [-0.2, 0) is 19.1 Å². The molecule has 0 unspecified atom stereocenters. The maximum absolute atomic E-state index is 13.5. The number of carbonyl (C=O) groups excluding carboxylic acids is 4.